The maximum absolute atomic E-state index is 12.8. The summed E-state index contributed by atoms with van der Waals surface area (Å²) >= 11 is 14.0. The zero-order valence-electron chi connectivity index (χ0n) is 16.0. The van der Waals surface area contributed by atoms with Gasteiger partial charge in [-0.05, 0) is 48.5 Å². The fourth-order valence-corrected chi connectivity index (χ4v) is 5.61. The highest BCUT2D eigenvalue weighted by Gasteiger charge is 2.18. The summed E-state index contributed by atoms with van der Waals surface area (Å²) in [5.41, 5.74) is 2.23. The van der Waals surface area contributed by atoms with Gasteiger partial charge in [0, 0.05) is 12.5 Å². The Hall–Kier alpha value is -2.65. The minimum absolute atomic E-state index is 0.0435. The maximum Gasteiger partial charge on any atom is 0.261 e. The number of sulfonamides is 1. The zero-order valence-corrected chi connectivity index (χ0v) is 19.2. The molecule has 1 heterocycles. The second-order valence-electron chi connectivity index (χ2n) is 6.61. The van der Waals surface area contributed by atoms with Crippen LogP contribution in [0.3, 0.4) is 0 Å². The lowest BCUT2D eigenvalue weighted by atomic mass is 10.2. The van der Waals surface area contributed by atoms with E-state index in [1.54, 1.807) is 12.1 Å². The van der Waals surface area contributed by atoms with E-state index in [4.69, 9.17) is 23.2 Å². The highest BCUT2D eigenvalue weighted by Crippen LogP contribution is 2.36. The number of aromatic nitrogens is 1. The van der Waals surface area contributed by atoms with Crippen LogP contribution in [-0.2, 0) is 14.8 Å². The molecule has 0 saturated heterocycles. The minimum Gasteiger partial charge on any atom is -0.325 e. The first-order valence-corrected chi connectivity index (χ1v) is 12.0. The van der Waals surface area contributed by atoms with Crippen LogP contribution < -0.4 is 10.0 Å². The summed E-state index contributed by atoms with van der Waals surface area (Å²) in [6.45, 7) is 1.34. The van der Waals surface area contributed by atoms with Crippen LogP contribution in [0.1, 0.15) is 6.92 Å². The van der Waals surface area contributed by atoms with Gasteiger partial charge in [0.25, 0.3) is 10.0 Å². The SMILES string of the molecule is CC(=O)Nc1ccc(S(=O)(=O)Nc2ccc(-c3nc4ccccc4s3)c(Cl)c2)cc1Cl. The molecule has 0 fully saturated rings. The van der Waals surface area contributed by atoms with Crippen molar-refractivity contribution >= 4 is 72.1 Å². The Morgan fingerprint density at radius 1 is 1.00 bits per heavy atom. The van der Waals surface area contributed by atoms with E-state index in [-0.39, 0.29) is 15.8 Å². The highest BCUT2D eigenvalue weighted by molar-refractivity contribution is 7.92. The van der Waals surface area contributed by atoms with Crippen LogP contribution in [0.2, 0.25) is 10.0 Å². The van der Waals surface area contributed by atoms with Crippen LogP contribution in [0.15, 0.2) is 65.6 Å². The number of carbonyl (C=O) groups excluding carboxylic acids is 1. The van der Waals surface area contributed by atoms with E-state index in [9.17, 15) is 13.2 Å². The number of amides is 1. The van der Waals surface area contributed by atoms with Crippen molar-refractivity contribution < 1.29 is 13.2 Å². The van der Waals surface area contributed by atoms with Crippen molar-refractivity contribution in [3.63, 3.8) is 0 Å². The van der Waals surface area contributed by atoms with Gasteiger partial charge in [0.05, 0.1) is 36.5 Å². The summed E-state index contributed by atoms with van der Waals surface area (Å²) in [6, 6.07) is 16.7. The quantitative estimate of drug-likeness (QED) is 0.356. The second kappa shape index (κ2) is 8.47. The van der Waals surface area contributed by atoms with Crippen molar-refractivity contribution in [2.24, 2.45) is 0 Å². The molecular weight excluding hydrogens is 477 g/mol. The number of hydrogen-bond donors (Lipinski definition) is 2. The molecule has 10 heteroatoms. The molecule has 0 atom stereocenters. The predicted octanol–water partition coefficient (Wildman–Crippen LogP) is 6.03. The van der Waals surface area contributed by atoms with E-state index in [0.29, 0.717) is 22.0 Å². The Morgan fingerprint density at radius 3 is 2.45 bits per heavy atom. The normalized spacial score (nSPS) is 11.5. The van der Waals surface area contributed by atoms with Gasteiger partial charge in [-0.25, -0.2) is 13.4 Å². The largest absolute Gasteiger partial charge is 0.325 e. The summed E-state index contributed by atoms with van der Waals surface area (Å²) in [5, 5.41) is 3.77. The summed E-state index contributed by atoms with van der Waals surface area (Å²) in [5.74, 6) is -0.307. The molecule has 4 aromatic rings. The Labute approximate surface area is 192 Å². The number of thiazole rings is 1. The fraction of sp³-hybridized carbons (Fsp3) is 0.0476. The molecule has 31 heavy (non-hydrogen) atoms. The van der Waals surface area contributed by atoms with Crippen LogP contribution in [0, 0.1) is 0 Å². The summed E-state index contributed by atoms with van der Waals surface area (Å²) in [7, 11) is -3.91. The molecule has 1 amide bonds. The molecule has 0 spiro atoms. The topological polar surface area (TPSA) is 88.2 Å². The minimum atomic E-state index is -3.91. The first-order chi connectivity index (χ1) is 14.7. The zero-order chi connectivity index (χ0) is 22.2. The number of halogens is 2. The van der Waals surface area contributed by atoms with Gasteiger partial charge in [0.1, 0.15) is 5.01 Å². The monoisotopic (exact) mass is 491 g/mol. The van der Waals surface area contributed by atoms with Crippen LogP contribution in [0.5, 0.6) is 0 Å². The summed E-state index contributed by atoms with van der Waals surface area (Å²) in [6.07, 6.45) is 0. The molecule has 0 saturated carbocycles. The first kappa shape index (κ1) is 21.6. The van der Waals surface area contributed by atoms with Gasteiger partial charge in [-0.3, -0.25) is 9.52 Å². The van der Waals surface area contributed by atoms with Crippen molar-refractivity contribution in [3.8, 4) is 10.6 Å². The standard InChI is InChI=1S/C21H15Cl2N3O3S2/c1-12(27)24-18-9-7-14(11-17(18)23)31(28,29)26-13-6-8-15(16(22)10-13)21-25-19-4-2-3-5-20(19)30-21/h2-11,26H,1H3,(H,24,27). The number of nitrogens with zero attached hydrogens (tertiary/aromatic N) is 1. The Kier molecular flexibility index (Phi) is 5.90. The van der Waals surface area contributed by atoms with Gasteiger partial charge in [0.15, 0.2) is 0 Å². The van der Waals surface area contributed by atoms with Gasteiger partial charge >= 0.3 is 0 Å². The Balaban J connectivity index is 1.59. The van der Waals surface area contributed by atoms with E-state index in [2.05, 4.69) is 15.0 Å². The average molecular weight is 492 g/mol. The average Bonchev–Trinajstić information content (AvgIpc) is 3.12. The maximum atomic E-state index is 12.8. The van der Waals surface area contributed by atoms with Crippen molar-refractivity contribution in [3.05, 3.63) is 70.7 Å². The molecule has 0 radical (unpaired) electrons. The molecule has 158 valence electrons. The van der Waals surface area contributed by atoms with Crippen molar-refractivity contribution in [2.75, 3.05) is 10.0 Å². The van der Waals surface area contributed by atoms with Crippen LogP contribution >= 0.6 is 34.5 Å². The Bertz CT molecular complexity index is 1390. The second-order valence-corrected chi connectivity index (χ2v) is 10.1. The van der Waals surface area contributed by atoms with E-state index in [1.807, 2.05) is 24.3 Å². The van der Waals surface area contributed by atoms with E-state index >= 15 is 0 Å². The number of anilines is 2. The van der Waals surface area contributed by atoms with Crippen LogP contribution in [0.4, 0.5) is 11.4 Å². The van der Waals surface area contributed by atoms with Gasteiger partial charge in [0.2, 0.25) is 5.91 Å². The number of rotatable bonds is 5. The molecule has 1 aromatic heterocycles. The molecule has 0 aliphatic heterocycles. The third kappa shape index (κ3) is 4.67. The summed E-state index contributed by atoms with van der Waals surface area (Å²) < 4.78 is 29.1. The first-order valence-electron chi connectivity index (χ1n) is 8.98. The van der Waals surface area contributed by atoms with E-state index in [1.165, 1.54) is 42.5 Å². The molecule has 3 aromatic carbocycles. The van der Waals surface area contributed by atoms with Crippen molar-refractivity contribution in [1.82, 2.24) is 4.98 Å². The molecular formula is C21H15Cl2N3O3S2. The molecule has 4 rings (SSSR count). The lowest BCUT2D eigenvalue weighted by Gasteiger charge is -2.11. The van der Waals surface area contributed by atoms with Crippen molar-refractivity contribution in [1.29, 1.82) is 0 Å². The van der Waals surface area contributed by atoms with Crippen LogP contribution in [-0.4, -0.2) is 19.3 Å². The number of hydrogen-bond acceptors (Lipinski definition) is 5. The summed E-state index contributed by atoms with van der Waals surface area (Å²) in [4.78, 5) is 15.7. The highest BCUT2D eigenvalue weighted by atomic mass is 35.5. The number of fused-ring (bicyclic) bond motifs is 1. The van der Waals surface area contributed by atoms with Gasteiger partial charge < -0.3 is 5.32 Å². The number of carbonyl (C=O) groups is 1. The van der Waals surface area contributed by atoms with E-state index in [0.717, 1.165) is 15.2 Å². The molecule has 0 aliphatic rings. The lowest BCUT2D eigenvalue weighted by molar-refractivity contribution is -0.114. The molecule has 0 unspecified atom stereocenters. The molecule has 2 N–H and O–H groups in total. The van der Waals surface area contributed by atoms with Gasteiger partial charge in [-0.1, -0.05) is 35.3 Å². The smallest absolute Gasteiger partial charge is 0.261 e. The molecule has 6 nitrogen and oxygen atoms in total. The van der Waals surface area contributed by atoms with Crippen molar-refractivity contribution in [2.45, 2.75) is 11.8 Å². The fourth-order valence-electron chi connectivity index (χ4n) is 2.91. The molecule has 0 aliphatic carbocycles. The third-order valence-electron chi connectivity index (χ3n) is 4.31. The lowest BCUT2D eigenvalue weighted by Crippen LogP contribution is -2.13. The number of para-hydroxylation sites is 1. The molecule has 0 bridgehead atoms. The predicted molar refractivity (Wildman–Crippen MR) is 127 cm³/mol. The third-order valence-corrected chi connectivity index (χ3v) is 7.38. The van der Waals surface area contributed by atoms with Gasteiger partial charge in [-0.2, -0.15) is 0 Å². The number of benzene rings is 3. The number of nitrogens with one attached hydrogen (secondary N) is 2. The van der Waals surface area contributed by atoms with Crippen LogP contribution in [0.25, 0.3) is 20.8 Å². The van der Waals surface area contributed by atoms with Gasteiger partial charge in [-0.15, -0.1) is 11.3 Å². The van der Waals surface area contributed by atoms with E-state index < -0.39 is 10.0 Å². The Morgan fingerprint density at radius 2 is 1.77 bits per heavy atom.